The van der Waals surface area contributed by atoms with Gasteiger partial charge in [-0.1, -0.05) is 55.5 Å². The Morgan fingerprint density at radius 1 is 1.12 bits per heavy atom. The van der Waals surface area contributed by atoms with Crippen molar-refractivity contribution in [2.45, 2.75) is 39.7 Å². The average Bonchev–Trinajstić information content (AvgIpc) is 3.34. The summed E-state index contributed by atoms with van der Waals surface area (Å²) in [6.45, 7) is 6.77. The van der Waals surface area contributed by atoms with E-state index in [1.165, 1.54) is 11.8 Å². The van der Waals surface area contributed by atoms with Crippen LogP contribution in [-0.4, -0.2) is 37.6 Å². The lowest BCUT2D eigenvalue weighted by molar-refractivity contribution is -0.122. The molecule has 0 unspecified atom stereocenters. The molecule has 4 rings (SSSR count). The van der Waals surface area contributed by atoms with Gasteiger partial charge in [-0.25, -0.2) is 4.68 Å². The first-order valence-electron chi connectivity index (χ1n) is 11.1. The fourth-order valence-electron chi connectivity index (χ4n) is 3.54. The van der Waals surface area contributed by atoms with Crippen molar-refractivity contribution in [2.75, 3.05) is 6.54 Å². The van der Waals surface area contributed by atoms with Crippen molar-refractivity contribution >= 4 is 40.3 Å². The van der Waals surface area contributed by atoms with E-state index in [2.05, 4.69) is 6.92 Å². The minimum Gasteiger partial charge on any atom is -0.491 e. The minimum absolute atomic E-state index is 0.0301. The normalized spacial score (nSPS) is 15.2. The van der Waals surface area contributed by atoms with Gasteiger partial charge in [-0.15, -0.1) is 0 Å². The highest BCUT2D eigenvalue weighted by atomic mass is 32.2. The van der Waals surface area contributed by atoms with Crippen LogP contribution in [0.3, 0.4) is 0 Å². The molecule has 170 valence electrons. The van der Waals surface area contributed by atoms with Gasteiger partial charge < -0.3 is 4.74 Å². The maximum atomic E-state index is 13.0. The number of ether oxygens (including phenoxy) is 1. The van der Waals surface area contributed by atoms with E-state index in [9.17, 15) is 4.79 Å². The van der Waals surface area contributed by atoms with Gasteiger partial charge in [-0.05, 0) is 62.7 Å². The summed E-state index contributed by atoms with van der Waals surface area (Å²) in [7, 11) is 0. The van der Waals surface area contributed by atoms with Crippen LogP contribution >= 0.6 is 24.0 Å². The van der Waals surface area contributed by atoms with Gasteiger partial charge in [-0.3, -0.25) is 9.69 Å². The third-order valence-corrected chi connectivity index (χ3v) is 6.54. The standard InChI is InChI=1S/C26H27N3O2S2/c1-4-5-15-28-25(30)23(33-26(28)32)16-20-17-29(21-9-7-6-8-10-21)27-24(20)19-11-13-22(14-12-19)31-18(2)3/h6-14,16-18H,4-5,15H2,1-3H3/b23-16-. The van der Waals surface area contributed by atoms with Crippen molar-refractivity contribution in [3.05, 3.63) is 71.3 Å². The number of hydrogen-bond acceptors (Lipinski definition) is 5. The summed E-state index contributed by atoms with van der Waals surface area (Å²) >= 11 is 6.83. The number of nitrogens with zero attached hydrogens (tertiary/aromatic N) is 3. The van der Waals surface area contributed by atoms with Crippen LogP contribution in [0.15, 0.2) is 65.7 Å². The predicted molar refractivity (Wildman–Crippen MR) is 140 cm³/mol. The Kier molecular flexibility index (Phi) is 7.30. The summed E-state index contributed by atoms with van der Waals surface area (Å²) in [4.78, 5) is 15.3. The Bertz CT molecular complexity index is 1170. The highest BCUT2D eigenvalue weighted by Gasteiger charge is 2.31. The second kappa shape index (κ2) is 10.4. The van der Waals surface area contributed by atoms with Crippen LogP contribution in [0, 0.1) is 0 Å². The molecular weight excluding hydrogens is 450 g/mol. The Labute approximate surface area is 204 Å². The van der Waals surface area contributed by atoms with E-state index < -0.39 is 0 Å². The smallest absolute Gasteiger partial charge is 0.266 e. The van der Waals surface area contributed by atoms with E-state index in [0.717, 1.165) is 41.1 Å². The van der Waals surface area contributed by atoms with Crippen LogP contribution in [-0.2, 0) is 4.79 Å². The van der Waals surface area contributed by atoms with E-state index in [0.29, 0.717) is 15.8 Å². The lowest BCUT2D eigenvalue weighted by Crippen LogP contribution is -2.28. The zero-order valence-corrected chi connectivity index (χ0v) is 20.7. The lowest BCUT2D eigenvalue weighted by Gasteiger charge is -2.13. The van der Waals surface area contributed by atoms with Gasteiger partial charge in [0, 0.05) is 23.9 Å². The molecule has 1 aromatic heterocycles. The molecular formula is C26H27N3O2S2. The Morgan fingerprint density at radius 2 is 1.85 bits per heavy atom. The molecule has 1 aliphatic heterocycles. The summed E-state index contributed by atoms with van der Waals surface area (Å²) in [5, 5.41) is 4.86. The molecule has 7 heteroatoms. The van der Waals surface area contributed by atoms with Crippen LogP contribution in [0.5, 0.6) is 5.75 Å². The number of amides is 1. The van der Waals surface area contributed by atoms with E-state index in [1.807, 2.05) is 85.4 Å². The molecule has 1 fully saturated rings. The Balaban J connectivity index is 1.72. The van der Waals surface area contributed by atoms with Gasteiger partial charge >= 0.3 is 0 Å². The fourth-order valence-corrected chi connectivity index (χ4v) is 4.84. The van der Waals surface area contributed by atoms with E-state index in [4.69, 9.17) is 22.1 Å². The molecule has 0 saturated carbocycles. The van der Waals surface area contributed by atoms with Crippen LogP contribution in [0.4, 0.5) is 0 Å². The van der Waals surface area contributed by atoms with Crippen molar-refractivity contribution in [3.8, 4) is 22.7 Å². The number of thioether (sulfide) groups is 1. The molecule has 0 bridgehead atoms. The highest BCUT2D eigenvalue weighted by molar-refractivity contribution is 8.26. The first-order valence-corrected chi connectivity index (χ1v) is 12.4. The molecule has 1 saturated heterocycles. The summed E-state index contributed by atoms with van der Waals surface area (Å²) in [6, 6.07) is 17.8. The van der Waals surface area contributed by atoms with Crippen LogP contribution < -0.4 is 4.74 Å². The van der Waals surface area contributed by atoms with Crippen molar-refractivity contribution in [2.24, 2.45) is 0 Å². The molecule has 5 nitrogen and oxygen atoms in total. The lowest BCUT2D eigenvalue weighted by atomic mass is 10.1. The molecule has 0 atom stereocenters. The van der Waals surface area contributed by atoms with Gasteiger partial charge in [0.25, 0.3) is 5.91 Å². The van der Waals surface area contributed by atoms with Crippen molar-refractivity contribution in [3.63, 3.8) is 0 Å². The third-order valence-electron chi connectivity index (χ3n) is 5.16. The highest BCUT2D eigenvalue weighted by Crippen LogP contribution is 2.35. The number of aromatic nitrogens is 2. The van der Waals surface area contributed by atoms with Crippen LogP contribution in [0.25, 0.3) is 23.0 Å². The fraction of sp³-hybridized carbons (Fsp3) is 0.269. The van der Waals surface area contributed by atoms with Crippen molar-refractivity contribution in [1.82, 2.24) is 14.7 Å². The molecule has 1 aliphatic rings. The Morgan fingerprint density at radius 3 is 2.52 bits per heavy atom. The number of para-hydroxylation sites is 1. The largest absolute Gasteiger partial charge is 0.491 e. The average molecular weight is 478 g/mol. The first-order chi connectivity index (χ1) is 16.0. The zero-order valence-electron chi connectivity index (χ0n) is 19.0. The second-order valence-corrected chi connectivity index (χ2v) is 9.77. The second-order valence-electron chi connectivity index (χ2n) is 8.09. The number of hydrogen-bond donors (Lipinski definition) is 0. The van der Waals surface area contributed by atoms with Gasteiger partial charge in [0.15, 0.2) is 0 Å². The maximum absolute atomic E-state index is 13.0. The third kappa shape index (κ3) is 5.37. The SMILES string of the molecule is CCCCN1C(=O)/C(=C/c2cn(-c3ccccc3)nc2-c2ccc(OC(C)C)cc2)SC1=S. The number of rotatable bonds is 8. The van der Waals surface area contributed by atoms with Gasteiger partial charge in [-0.2, -0.15) is 5.10 Å². The summed E-state index contributed by atoms with van der Waals surface area (Å²) < 4.78 is 8.24. The number of unbranched alkanes of at least 4 members (excludes halogenated alkanes) is 1. The van der Waals surface area contributed by atoms with Crippen molar-refractivity contribution in [1.29, 1.82) is 0 Å². The van der Waals surface area contributed by atoms with Crippen LogP contribution in [0.2, 0.25) is 0 Å². The molecule has 33 heavy (non-hydrogen) atoms. The monoisotopic (exact) mass is 477 g/mol. The number of thiocarbonyl (C=S) groups is 1. The maximum Gasteiger partial charge on any atom is 0.266 e. The van der Waals surface area contributed by atoms with Gasteiger partial charge in [0.2, 0.25) is 0 Å². The molecule has 2 heterocycles. The molecule has 1 amide bonds. The van der Waals surface area contributed by atoms with Crippen molar-refractivity contribution < 1.29 is 9.53 Å². The summed E-state index contributed by atoms with van der Waals surface area (Å²) in [5.41, 5.74) is 3.57. The summed E-state index contributed by atoms with van der Waals surface area (Å²) in [5.74, 6) is 0.784. The molecule has 2 aromatic carbocycles. The minimum atomic E-state index is -0.0301. The molecule has 3 aromatic rings. The van der Waals surface area contributed by atoms with Gasteiger partial charge in [0.05, 0.1) is 22.4 Å². The molecule has 0 N–H and O–H groups in total. The van der Waals surface area contributed by atoms with E-state index in [-0.39, 0.29) is 12.0 Å². The van der Waals surface area contributed by atoms with Crippen LogP contribution in [0.1, 0.15) is 39.2 Å². The Hall–Kier alpha value is -2.90. The first kappa shape index (κ1) is 23.3. The predicted octanol–water partition coefficient (Wildman–Crippen LogP) is 6.33. The molecule has 0 spiro atoms. The van der Waals surface area contributed by atoms with E-state index in [1.54, 1.807) is 4.90 Å². The number of carbonyl (C=O) groups excluding carboxylic acids is 1. The number of benzene rings is 2. The van der Waals surface area contributed by atoms with E-state index >= 15 is 0 Å². The number of carbonyl (C=O) groups is 1. The molecule has 0 aliphatic carbocycles. The molecule has 0 radical (unpaired) electrons. The summed E-state index contributed by atoms with van der Waals surface area (Å²) in [6.07, 6.45) is 5.92. The topological polar surface area (TPSA) is 47.4 Å². The van der Waals surface area contributed by atoms with Gasteiger partial charge in [0.1, 0.15) is 10.1 Å². The zero-order chi connectivity index (χ0) is 23.4. The quantitative estimate of drug-likeness (QED) is 0.280.